The van der Waals surface area contributed by atoms with Crippen molar-refractivity contribution in [2.24, 2.45) is 0 Å². The van der Waals surface area contributed by atoms with Crippen molar-refractivity contribution in [3.05, 3.63) is 126 Å². The smallest absolute Gasteiger partial charge is 0.0537 e. The van der Waals surface area contributed by atoms with Crippen LogP contribution in [0.1, 0.15) is 22.4 Å². The number of thiophene rings is 1. The van der Waals surface area contributed by atoms with Crippen LogP contribution >= 0.6 is 11.3 Å². The number of aryl methyl sites for hydroxylation is 1. The van der Waals surface area contributed by atoms with E-state index in [2.05, 4.69) is 122 Å². The zero-order valence-corrected chi connectivity index (χ0v) is 20.2. The fourth-order valence-electron chi connectivity index (χ4n) is 4.97. The fourth-order valence-corrected chi connectivity index (χ4v) is 6.04. The summed E-state index contributed by atoms with van der Waals surface area (Å²) in [6, 6.07) is 32.8. The summed E-state index contributed by atoms with van der Waals surface area (Å²) in [4.78, 5) is 0. The number of para-hydroxylation sites is 2. The highest BCUT2D eigenvalue weighted by Crippen LogP contribution is 2.37. The Labute approximate surface area is 203 Å². The van der Waals surface area contributed by atoms with Gasteiger partial charge in [-0.2, -0.15) is 0 Å². The van der Waals surface area contributed by atoms with E-state index in [-0.39, 0.29) is 0 Å². The molecule has 6 aromatic rings. The Morgan fingerprint density at radius 1 is 0.765 bits per heavy atom. The lowest BCUT2D eigenvalue weighted by Crippen LogP contribution is -1.96. The molecule has 0 amide bonds. The van der Waals surface area contributed by atoms with Crippen LogP contribution in [0.15, 0.2) is 104 Å². The first-order valence-corrected chi connectivity index (χ1v) is 12.4. The van der Waals surface area contributed by atoms with E-state index in [9.17, 15) is 0 Å². The lowest BCUT2D eigenvalue weighted by molar-refractivity contribution is 1.05. The molecule has 0 saturated carbocycles. The molecular weight excluding hydrogens is 430 g/mol. The summed E-state index contributed by atoms with van der Waals surface area (Å²) >= 11 is 1.86. The molecular formula is C32H25NS. The normalized spacial score (nSPS) is 12.1. The molecule has 0 spiro atoms. The third-order valence-corrected chi connectivity index (χ3v) is 7.80. The molecule has 0 N–H and O–H groups in total. The van der Waals surface area contributed by atoms with Crippen LogP contribution in [0.25, 0.3) is 48.4 Å². The van der Waals surface area contributed by atoms with Crippen molar-refractivity contribution < 1.29 is 0 Å². The van der Waals surface area contributed by atoms with Crippen LogP contribution in [0, 0.1) is 13.8 Å². The lowest BCUT2D eigenvalue weighted by Gasteiger charge is -2.08. The molecule has 2 aromatic heterocycles. The van der Waals surface area contributed by atoms with E-state index in [4.69, 9.17) is 0 Å². The second kappa shape index (κ2) is 8.16. The molecule has 1 nitrogen and oxygen atoms in total. The third-order valence-electron chi connectivity index (χ3n) is 6.65. The predicted octanol–water partition coefficient (Wildman–Crippen LogP) is 9.34. The van der Waals surface area contributed by atoms with Gasteiger partial charge in [-0.25, -0.2) is 0 Å². The molecule has 0 fully saturated rings. The predicted molar refractivity (Wildman–Crippen MR) is 150 cm³/mol. The molecule has 0 atom stereocenters. The van der Waals surface area contributed by atoms with Gasteiger partial charge in [-0.15, -0.1) is 11.3 Å². The molecule has 164 valence electrons. The molecule has 6 rings (SSSR count). The number of allylic oxidation sites excluding steroid dienone is 2. The molecule has 4 aromatic carbocycles. The minimum atomic E-state index is 1.13. The van der Waals surface area contributed by atoms with Crippen LogP contribution in [0.2, 0.25) is 0 Å². The maximum atomic E-state index is 4.18. The highest BCUT2D eigenvalue weighted by molar-refractivity contribution is 7.25. The van der Waals surface area contributed by atoms with Crippen molar-refractivity contribution in [2.75, 3.05) is 0 Å². The summed E-state index contributed by atoms with van der Waals surface area (Å²) in [5.41, 5.74) is 8.48. The zero-order chi connectivity index (χ0) is 23.2. The number of hydrogen-bond donors (Lipinski definition) is 0. The molecule has 0 aliphatic heterocycles. The standard InChI is InChI=1S/C32H25NS/c1-4-23(24-15-17-32-29(20-24)28-18-21(2)14-16-31(28)34-32)19-27-22(3)33(25-10-6-5-7-11-25)30-13-9-8-12-26(27)30/h4-20H,1H2,2-3H3/b23-19+. The fraction of sp³-hybridized carbons (Fsp3) is 0.0625. The molecule has 0 aliphatic rings. The van der Waals surface area contributed by atoms with Gasteiger partial charge in [0.1, 0.15) is 0 Å². The summed E-state index contributed by atoms with van der Waals surface area (Å²) in [6.07, 6.45) is 4.28. The Bertz CT molecular complexity index is 1730. The van der Waals surface area contributed by atoms with Gasteiger partial charge in [0, 0.05) is 42.5 Å². The quantitative estimate of drug-likeness (QED) is 0.233. The van der Waals surface area contributed by atoms with E-state index in [1.165, 1.54) is 59.1 Å². The molecule has 0 aliphatic carbocycles. The number of nitrogens with zero attached hydrogens (tertiary/aromatic N) is 1. The Kier molecular flexibility index (Phi) is 4.97. The monoisotopic (exact) mass is 455 g/mol. The van der Waals surface area contributed by atoms with Crippen molar-refractivity contribution in [1.82, 2.24) is 4.57 Å². The second-order valence-electron chi connectivity index (χ2n) is 8.80. The Balaban J connectivity index is 1.56. The summed E-state index contributed by atoms with van der Waals surface area (Å²) in [7, 11) is 0. The maximum Gasteiger partial charge on any atom is 0.0537 e. The molecule has 2 heteroatoms. The highest BCUT2D eigenvalue weighted by Gasteiger charge is 2.15. The van der Waals surface area contributed by atoms with Gasteiger partial charge in [-0.05, 0) is 73.5 Å². The number of hydrogen-bond acceptors (Lipinski definition) is 1. The van der Waals surface area contributed by atoms with E-state index in [1.807, 2.05) is 17.4 Å². The first-order valence-electron chi connectivity index (χ1n) is 11.6. The van der Waals surface area contributed by atoms with Crippen molar-refractivity contribution in [1.29, 1.82) is 0 Å². The number of aromatic nitrogens is 1. The number of benzene rings is 4. The van der Waals surface area contributed by atoms with Crippen molar-refractivity contribution in [3.8, 4) is 5.69 Å². The van der Waals surface area contributed by atoms with Gasteiger partial charge >= 0.3 is 0 Å². The lowest BCUT2D eigenvalue weighted by atomic mass is 9.99. The number of rotatable bonds is 4. The van der Waals surface area contributed by atoms with Gasteiger partial charge in [-0.1, -0.05) is 66.7 Å². The molecule has 2 heterocycles. The first kappa shape index (κ1) is 20.7. The van der Waals surface area contributed by atoms with Crippen LogP contribution in [0.4, 0.5) is 0 Å². The molecule has 0 unspecified atom stereocenters. The SMILES string of the molecule is C=C/C(=C\c1c(C)n(-c2ccccc2)c2ccccc12)c1ccc2sc3ccc(C)cc3c2c1. The first-order chi connectivity index (χ1) is 16.6. The topological polar surface area (TPSA) is 4.93 Å². The number of fused-ring (bicyclic) bond motifs is 4. The van der Waals surface area contributed by atoms with E-state index in [0.29, 0.717) is 0 Å². The molecule has 0 radical (unpaired) electrons. The summed E-state index contributed by atoms with van der Waals surface area (Å²) < 4.78 is 5.01. The van der Waals surface area contributed by atoms with E-state index < -0.39 is 0 Å². The summed E-state index contributed by atoms with van der Waals surface area (Å²) in [5.74, 6) is 0. The minimum absolute atomic E-state index is 1.13. The molecule has 0 bridgehead atoms. The average molecular weight is 456 g/mol. The molecule has 34 heavy (non-hydrogen) atoms. The van der Waals surface area contributed by atoms with Crippen molar-refractivity contribution >= 4 is 54.1 Å². The zero-order valence-electron chi connectivity index (χ0n) is 19.4. The Morgan fingerprint density at radius 2 is 1.47 bits per heavy atom. The largest absolute Gasteiger partial charge is 0.313 e. The second-order valence-corrected chi connectivity index (χ2v) is 9.89. The van der Waals surface area contributed by atoms with Gasteiger partial charge in [0.15, 0.2) is 0 Å². The van der Waals surface area contributed by atoms with Gasteiger partial charge in [0.25, 0.3) is 0 Å². The van der Waals surface area contributed by atoms with Gasteiger partial charge < -0.3 is 4.57 Å². The van der Waals surface area contributed by atoms with Crippen molar-refractivity contribution in [2.45, 2.75) is 13.8 Å². The van der Waals surface area contributed by atoms with Gasteiger partial charge in [0.05, 0.1) is 5.52 Å². The van der Waals surface area contributed by atoms with E-state index >= 15 is 0 Å². The van der Waals surface area contributed by atoms with Crippen LogP contribution in [-0.4, -0.2) is 4.57 Å². The van der Waals surface area contributed by atoms with Gasteiger partial charge in [0.2, 0.25) is 0 Å². The Hall–Kier alpha value is -3.88. The maximum absolute atomic E-state index is 4.18. The average Bonchev–Trinajstić information content (AvgIpc) is 3.36. The van der Waals surface area contributed by atoms with Crippen LogP contribution < -0.4 is 0 Å². The molecule has 0 saturated heterocycles. The van der Waals surface area contributed by atoms with Crippen LogP contribution in [-0.2, 0) is 0 Å². The highest BCUT2D eigenvalue weighted by atomic mass is 32.1. The van der Waals surface area contributed by atoms with Crippen molar-refractivity contribution in [3.63, 3.8) is 0 Å². The van der Waals surface area contributed by atoms with Crippen LogP contribution in [0.5, 0.6) is 0 Å². The van der Waals surface area contributed by atoms with Gasteiger partial charge in [-0.3, -0.25) is 0 Å². The summed E-state index contributed by atoms with van der Waals surface area (Å²) in [5, 5.41) is 3.90. The third kappa shape index (κ3) is 3.30. The summed E-state index contributed by atoms with van der Waals surface area (Å²) in [6.45, 7) is 8.55. The van der Waals surface area contributed by atoms with Crippen LogP contribution in [0.3, 0.4) is 0 Å². The minimum Gasteiger partial charge on any atom is -0.313 e. The van der Waals surface area contributed by atoms with E-state index in [0.717, 1.165) is 5.57 Å². The Morgan fingerprint density at radius 3 is 2.26 bits per heavy atom. The van der Waals surface area contributed by atoms with E-state index in [1.54, 1.807) is 0 Å².